The van der Waals surface area contributed by atoms with Gasteiger partial charge in [0.15, 0.2) is 0 Å². The fraction of sp³-hybridized carbons (Fsp3) is 0.100. The van der Waals surface area contributed by atoms with Crippen LogP contribution in [0.1, 0.15) is 15.9 Å². The van der Waals surface area contributed by atoms with Crippen LogP contribution in [0.3, 0.4) is 0 Å². The largest absolute Gasteiger partial charge is 0.495 e. The van der Waals surface area contributed by atoms with Gasteiger partial charge in [0, 0.05) is 28.7 Å². The maximum Gasteiger partial charge on any atom is 0.256 e. The van der Waals surface area contributed by atoms with Crippen LogP contribution in [0.25, 0.3) is 0 Å². The van der Waals surface area contributed by atoms with E-state index in [0.29, 0.717) is 27.5 Å². The molecular weight excluding hydrogens is 379 g/mol. The molecule has 0 saturated carbocycles. The Morgan fingerprint density at radius 3 is 2.70 bits per heavy atom. The van der Waals surface area contributed by atoms with Crippen LogP contribution in [0, 0.1) is 0 Å². The van der Waals surface area contributed by atoms with Crippen molar-refractivity contribution in [1.29, 1.82) is 0 Å². The van der Waals surface area contributed by atoms with Gasteiger partial charge in [-0.25, -0.2) is 0 Å². The highest BCUT2D eigenvalue weighted by Crippen LogP contribution is 2.28. The number of hydrogen-bond acceptors (Lipinski definition) is 4. The first-order chi connectivity index (χ1) is 13.1. The number of benzene rings is 2. The summed E-state index contributed by atoms with van der Waals surface area (Å²) in [5.41, 5.74) is 2.53. The lowest BCUT2D eigenvalue weighted by Crippen LogP contribution is -2.19. The lowest BCUT2D eigenvalue weighted by atomic mass is 9.93. The summed E-state index contributed by atoms with van der Waals surface area (Å²) in [5.74, 6) is 0.949. The molecule has 27 heavy (non-hydrogen) atoms. The number of ether oxygens (including phenoxy) is 1. The van der Waals surface area contributed by atoms with E-state index in [1.54, 1.807) is 42.4 Å². The van der Waals surface area contributed by atoms with Crippen molar-refractivity contribution >= 4 is 48.3 Å². The van der Waals surface area contributed by atoms with Gasteiger partial charge in [-0.05, 0) is 42.0 Å². The number of rotatable bonds is 6. The molecule has 0 unspecified atom stereocenters. The number of anilines is 1. The third kappa shape index (κ3) is 4.84. The second kappa shape index (κ2) is 8.97. The molecule has 4 nitrogen and oxygen atoms in total. The molecule has 2 radical (unpaired) electrons. The van der Waals surface area contributed by atoms with Gasteiger partial charge in [0.05, 0.1) is 17.7 Å². The van der Waals surface area contributed by atoms with Gasteiger partial charge in [0.2, 0.25) is 0 Å². The Hall–Kier alpha value is -2.44. The number of pyridine rings is 1. The average Bonchev–Trinajstić information content (AvgIpc) is 2.69. The van der Waals surface area contributed by atoms with Crippen LogP contribution in [0.4, 0.5) is 5.69 Å². The maximum absolute atomic E-state index is 12.8. The summed E-state index contributed by atoms with van der Waals surface area (Å²) in [6, 6.07) is 14.5. The molecule has 1 heterocycles. The smallest absolute Gasteiger partial charge is 0.256 e. The van der Waals surface area contributed by atoms with Gasteiger partial charge < -0.3 is 10.1 Å². The van der Waals surface area contributed by atoms with Crippen molar-refractivity contribution in [3.8, 4) is 5.75 Å². The summed E-state index contributed by atoms with van der Waals surface area (Å²) in [5, 5.41) is 3.21. The zero-order valence-corrected chi connectivity index (χ0v) is 16.2. The number of aromatic nitrogens is 1. The van der Waals surface area contributed by atoms with Gasteiger partial charge in [-0.1, -0.05) is 29.2 Å². The predicted octanol–water partition coefficient (Wildman–Crippen LogP) is 4.08. The molecule has 0 fully saturated rings. The molecule has 1 amide bonds. The summed E-state index contributed by atoms with van der Waals surface area (Å²) in [6.45, 7) is 0. The van der Waals surface area contributed by atoms with Crippen LogP contribution >= 0.6 is 23.4 Å². The molecule has 1 aromatic heterocycles. The topological polar surface area (TPSA) is 51.2 Å². The van der Waals surface area contributed by atoms with Gasteiger partial charge in [-0.2, -0.15) is 0 Å². The molecule has 3 aromatic rings. The molecule has 0 atom stereocenters. The van der Waals surface area contributed by atoms with E-state index in [0.717, 1.165) is 16.2 Å². The maximum atomic E-state index is 12.8. The number of amides is 1. The third-order valence-electron chi connectivity index (χ3n) is 3.85. The molecule has 134 valence electrons. The van der Waals surface area contributed by atoms with E-state index >= 15 is 0 Å². The first-order valence-corrected chi connectivity index (χ1v) is 9.50. The van der Waals surface area contributed by atoms with E-state index in [4.69, 9.17) is 24.2 Å². The molecular formula is C20H16BClN2O2S. The van der Waals surface area contributed by atoms with E-state index in [9.17, 15) is 4.79 Å². The number of hydrogen-bond donors (Lipinski definition) is 1. The van der Waals surface area contributed by atoms with Crippen molar-refractivity contribution in [2.45, 2.75) is 10.6 Å². The number of nitrogens with zero attached hydrogens (tertiary/aromatic N) is 1. The van der Waals surface area contributed by atoms with Gasteiger partial charge >= 0.3 is 0 Å². The van der Waals surface area contributed by atoms with E-state index in [1.807, 2.05) is 30.3 Å². The summed E-state index contributed by atoms with van der Waals surface area (Å²) in [6.07, 6.45) is 3.51. The zero-order chi connectivity index (χ0) is 19.2. The number of thioether (sulfide) groups is 1. The summed E-state index contributed by atoms with van der Waals surface area (Å²) < 4.78 is 5.13. The summed E-state index contributed by atoms with van der Waals surface area (Å²) in [4.78, 5) is 17.7. The van der Waals surface area contributed by atoms with Crippen molar-refractivity contribution in [2.75, 3.05) is 12.4 Å². The standard InChI is InChI=1S/C20H16BClN2O2S/c1-26-18-10-15(21)17(11-16(18)22)24-20(25)14-4-2-3-5-19(14)27-12-13-6-8-23-9-7-13/h2-11H,12H2,1H3,(H,24,25). The minimum Gasteiger partial charge on any atom is -0.495 e. The Bertz CT molecular complexity index is 954. The van der Waals surface area contributed by atoms with Gasteiger partial charge in [0.1, 0.15) is 13.6 Å². The minimum absolute atomic E-state index is 0.249. The minimum atomic E-state index is -0.249. The third-order valence-corrected chi connectivity index (χ3v) is 5.29. The zero-order valence-electron chi connectivity index (χ0n) is 14.6. The number of carbonyl (C=O) groups excluding carboxylic acids is 1. The first-order valence-electron chi connectivity index (χ1n) is 8.13. The molecule has 7 heteroatoms. The number of halogens is 1. The molecule has 0 aliphatic rings. The fourth-order valence-corrected chi connectivity index (χ4v) is 3.69. The molecule has 0 bridgehead atoms. The Kier molecular flexibility index (Phi) is 6.42. The van der Waals surface area contributed by atoms with Gasteiger partial charge in [0.25, 0.3) is 5.91 Å². The molecule has 0 saturated heterocycles. The second-order valence-corrected chi connectivity index (χ2v) is 7.09. The van der Waals surface area contributed by atoms with Crippen LogP contribution in [-0.4, -0.2) is 25.8 Å². The average molecular weight is 395 g/mol. The van der Waals surface area contributed by atoms with Gasteiger partial charge in [-0.15, -0.1) is 11.8 Å². The second-order valence-electron chi connectivity index (χ2n) is 5.67. The normalized spacial score (nSPS) is 10.4. The monoisotopic (exact) mass is 394 g/mol. The van der Waals surface area contributed by atoms with Crippen LogP contribution in [0.5, 0.6) is 5.75 Å². The van der Waals surface area contributed by atoms with Crippen molar-refractivity contribution < 1.29 is 9.53 Å². The molecule has 0 aliphatic heterocycles. The van der Waals surface area contributed by atoms with Crippen LogP contribution < -0.4 is 15.5 Å². The van der Waals surface area contributed by atoms with Crippen molar-refractivity contribution in [3.05, 3.63) is 77.1 Å². The number of nitrogens with one attached hydrogen (secondary N) is 1. The van der Waals surface area contributed by atoms with Crippen molar-refractivity contribution in [1.82, 2.24) is 4.98 Å². The molecule has 0 aliphatic carbocycles. The highest BCUT2D eigenvalue weighted by Gasteiger charge is 2.14. The fourth-order valence-electron chi connectivity index (χ4n) is 2.44. The highest BCUT2D eigenvalue weighted by atomic mass is 35.5. The van der Waals surface area contributed by atoms with Crippen LogP contribution in [0.2, 0.25) is 5.02 Å². The Balaban J connectivity index is 1.78. The molecule has 2 aromatic carbocycles. The highest BCUT2D eigenvalue weighted by molar-refractivity contribution is 7.98. The van der Waals surface area contributed by atoms with Crippen molar-refractivity contribution in [2.24, 2.45) is 0 Å². The quantitative estimate of drug-likeness (QED) is 0.505. The van der Waals surface area contributed by atoms with E-state index in [1.165, 1.54) is 7.11 Å². The van der Waals surface area contributed by atoms with Crippen LogP contribution in [-0.2, 0) is 5.75 Å². The molecule has 3 rings (SSSR count). The number of carbonyl (C=O) groups is 1. The Morgan fingerprint density at radius 2 is 1.96 bits per heavy atom. The lowest BCUT2D eigenvalue weighted by molar-refractivity contribution is 0.102. The van der Waals surface area contributed by atoms with Crippen LogP contribution in [0.15, 0.2) is 65.8 Å². The summed E-state index contributed by atoms with van der Waals surface area (Å²) >= 11 is 7.73. The predicted molar refractivity (Wildman–Crippen MR) is 112 cm³/mol. The van der Waals surface area contributed by atoms with Crippen molar-refractivity contribution in [3.63, 3.8) is 0 Å². The first kappa shape index (κ1) is 19.3. The van der Waals surface area contributed by atoms with Gasteiger partial charge in [-0.3, -0.25) is 9.78 Å². The molecule has 1 N–H and O–H groups in total. The van der Waals surface area contributed by atoms with E-state index < -0.39 is 0 Å². The van der Waals surface area contributed by atoms with E-state index in [-0.39, 0.29) is 5.91 Å². The lowest BCUT2D eigenvalue weighted by Gasteiger charge is -2.14. The number of methoxy groups -OCH3 is 1. The van der Waals surface area contributed by atoms with E-state index in [2.05, 4.69) is 10.3 Å². The summed E-state index contributed by atoms with van der Waals surface area (Å²) in [7, 11) is 7.51. The SMILES string of the molecule is [B]c1cc(OC)c(Cl)cc1NC(=O)c1ccccc1SCc1ccncc1. The molecule has 0 spiro atoms. The Labute approximate surface area is 168 Å². The Morgan fingerprint density at radius 1 is 1.22 bits per heavy atom.